The first-order valence-electron chi connectivity index (χ1n) is 8.46. The zero-order chi connectivity index (χ0) is 20.1. The van der Waals surface area contributed by atoms with Crippen molar-refractivity contribution in [3.05, 3.63) is 64.0 Å². The van der Waals surface area contributed by atoms with Crippen molar-refractivity contribution in [1.82, 2.24) is 15.2 Å². The van der Waals surface area contributed by atoms with E-state index < -0.39 is 5.97 Å². The fraction of sp³-hybridized carbons (Fsp3) is 0.150. The molecule has 0 saturated heterocycles. The summed E-state index contributed by atoms with van der Waals surface area (Å²) in [6, 6.07) is 14.2. The molecule has 0 fully saturated rings. The molecule has 8 heteroatoms. The molecule has 1 aromatic heterocycles. The molecule has 1 heterocycles. The van der Waals surface area contributed by atoms with E-state index in [4.69, 9.17) is 16.3 Å². The predicted molar refractivity (Wildman–Crippen MR) is 108 cm³/mol. The van der Waals surface area contributed by atoms with E-state index in [2.05, 4.69) is 15.2 Å². The van der Waals surface area contributed by atoms with Gasteiger partial charge in [-0.15, -0.1) is 5.10 Å². The molecule has 144 valence electrons. The number of halogens is 1. The molecule has 0 spiro atoms. The highest BCUT2D eigenvalue weighted by Crippen LogP contribution is 2.27. The maximum Gasteiger partial charge on any atom is 0.213 e. The summed E-state index contributed by atoms with van der Waals surface area (Å²) in [6.07, 6.45) is 1.58. The lowest BCUT2D eigenvalue weighted by atomic mass is 10.2. The van der Waals surface area contributed by atoms with Crippen LogP contribution in [0.3, 0.4) is 0 Å². The number of carbonyl (C=O) groups is 1. The number of carboxylic acid groups (broad SMARTS) is 1. The van der Waals surface area contributed by atoms with Crippen LogP contribution in [-0.4, -0.2) is 27.3 Å². The summed E-state index contributed by atoms with van der Waals surface area (Å²) in [5, 5.41) is 19.3. The molecule has 0 radical (unpaired) electrons. The Kier molecular flexibility index (Phi) is 6.38. The molecular weight excluding hydrogens is 398 g/mol. The van der Waals surface area contributed by atoms with E-state index in [0.717, 1.165) is 23.1 Å². The molecule has 3 rings (SSSR count). The van der Waals surface area contributed by atoms with E-state index >= 15 is 0 Å². The Morgan fingerprint density at radius 3 is 2.46 bits per heavy atom. The lowest BCUT2D eigenvalue weighted by Gasteiger charge is -2.10. The molecule has 0 aliphatic heterocycles. The minimum atomic E-state index is -1.30. The number of rotatable bonds is 7. The summed E-state index contributed by atoms with van der Waals surface area (Å²) in [5.74, 6) is -0.0613. The maximum absolute atomic E-state index is 11.5. The second kappa shape index (κ2) is 8.95. The van der Waals surface area contributed by atoms with Gasteiger partial charge in [-0.2, -0.15) is 0 Å². The van der Waals surface area contributed by atoms with Crippen LogP contribution >= 0.6 is 23.4 Å². The van der Waals surface area contributed by atoms with Crippen LogP contribution in [0.25, 0.3) is 17.5 Å². The van der Waals surface area contributed by atoms with Crippen LogP contribution in [0.2, 0.25) is 5.02 Å². The summed E-state index contributed by atoms with van der Waals surface area (Å²) in [4.78, 5) is 15.9. The molecule has 1 N–H and O–H groups in total. The Balaban J connectivity index is 1.77. The van der Waals surface area contributed by atoms with Gasteiger partial charge in [-0.1, -0.05) is 23.7 Å². The molecular formula is C20H17ClN3O3S-. The largest absolute Gasteiger partial charge is 0.544 e. The minimum Gasteiger partial charge on any atom is -0.544 e. The van der Waals surface area contributed by atoms with Crippen molar-refractivity contribution in [2.45, 2.75) is 25.1 Å². The molecule has 0 bridgehead atoms. The summed E-state index contributed by atoms with van der Waals surface area (Å²) < 4.78 is 5.58. The molecule has 6 nitrogen and oxygen atoms in total. The molecule has 3 aromatic rings. The fourth-order valence-corrected chi connectivity index (χ4v) is 3.15. The normalized spacial score (nSPS) is 11.6. The number of aromatic amines is 1. The van der Waals surface area contributed by atoms with Crippen LogP contribution in [0, 0.1) is 0 Å². The predicted octanol–water partition coefficient (Wildman–Crippen LogP) is 3.80. The number of H-pyrrole nitrogens is 1. The van der Waals surface area contributed by atoms with Gasteiger partial charge in [-0.05, 0) is 73.6 Å². The Hall–Kier alpha value is -2.77. The number of hydrogen-bond donors (Lipinski definition) is 1. The van der Waals surface area contributed by atoms with E-state index in [1.165, 1.54) is 6.08 Å². The van der Waals surface area contributed by atoms with Gasteiger partial charge < -0.3 is 14.6 Å². The van der Waals surface area contributed by atoms with Crippen molar-refractivity contribution in [2.24, 2.45) is 0 Å². The lowest BCUT2D eigenvalue weighted by molar-refractivity contribution is -0.297. The number of carbonyl (C=O) groups excluding carboxylic acids is 1. The van der Waals surface area contributed by atoms with Gasteiger partial charge in [0.1, 0.15) is 5.75 Å². The zero-order valence-electron chi connectivity index (χ0n) is 15.2. The summed E-state index contributed by atoms with van der Waals surface area (Å²) in [5.41, 5.74) is 1.50. The van der Waals surface area contributed by atoms with Crippen molar-refractivity contribution in [3.63, 3.8) is 0 Å². The maximum atomic E-state index is 11.5. The number of aromatic nitrogens is 3. The van der Waals surface area contributed by atoms with Crippen molar-refractivity contribution >= 4 is 35.4 Å². The number of ether oxygens (including phenoxy) is 1. The Morgan fingerprint density at radius 2 is 1.86 bits per heavy atom. The third-order valence-electron chi connectivity index (χ3n) is 3.53. The fourth-order valence-electron chi connectivity index (χ4n) is 2.32. The molecule has 0 atom stereocenters. The van der Waals surface area contributed by atoms with Gasteiger partial charge >= 0.3 is 0 Å². The average molecular weight is 415 g/mol. The van der Waals surface area contributed by atoms with Crippen molar-refractivity contribution in [2.75, 3.05) is 0 Å². The van der Waals surface area contributed by atoms with Gasteiger partial charge in [0.15, 0.2) is 5.82 Å². The number of carboxylic acids is 1. The number of thioether (sulfide) groups is 1. The van der Waals surface area contributed by atoms with Crippen molar-refractivity contribution < 1.29 is 14.6 Å². The van der Waals surface area contributed by atoms with Crippen LogP contribution in [0.4, 0.5) is 0 Å². The number of benzene rings is 2. The molecule has 0 saturated carbocycles. The van der Waals surface area contributed by atoms with Gasteiger partial charge in [0.25, 0.3) is 0 Å². The number of nitrogens with zero attached hydrogens (tertiary/aromatic N) is 2. The number of nitrogens with one attached hydrogen (secondary N) is 1. The van der Waals surface area contributed by atoms with Crippen molar-refractivity contribution in [3.8, 4) is 17.1 Å². The van der Waals surface area contributed by atoms with Crippen LogP contribution in [0.1, 0.15) is 19.4 Å². The van der Waals surface area contributed by atoms with Gasteiger partial charge in [-0.3, -0.25) is 5.10 Å². The third kappa shape index (κ3) is 5.37. The number of hydrogen-bond acceptors (Lipinski definition) is 6. The molecule has 0 aliphatic carbocycles. The molecule has 0 unspecified atom stereocenters. The summed E-state index contributed by atoms with van der Waals surface area (Å²) in [6.45, 7) is 3.88. The van der Waals surface area contributed by atoms with Crippen LogP contribution < -0.4 is 9.84 Å². The molecule has 28 heavy (non-hydrogen) atoms. The monoisotopic (exact) mass is 414 g/mol. The summed E-state index contributed by atoms with van der Waals surface area (Å²) >= 11 is 6.79. The van der Waals surface area contributed by atoms with Gasteiger partial charge in [0.05, 0.1) is 12.1 Å². The van der Waals surface area contributed by atoms with Crippen LogP contribution in [0.5, 0.6) is 5.75 Å². The second-order valence-electron chi connectivity index (χ2n) is 6.11. The lowest BCUT2D eigenvalue weighted by Crippen LogP contribution is -2.23. The topological polar surface area (TPSA) is 90.9 Å². The SMILES string of the molecule is CC(C)Oc1ccc(/C=C(\Sc2n[nH]c(-c3ccc(Cl)cc3)n2)C(=O)[O-])cc1. The first-order valence-corrected chi connectivity index (χ1v) is 9.66. The van der Waals surface area contributed by atoms with Crippen LogP contribution in [-0.2, 0) is 4.79 Å². The van der Waals surface area contributed by atoms with E-state index in [-0.39, 0.29) is 16.2 Å². The first-order chi connectivity index (χ1) is 13.4. The quantitative estimate of drug-likeness (QED) is 0.467. The van der Waals surface area contributed by atoms with E-state index in [9.17, 15) is 9.90 Å². The Labute approximate surface area is 171 Å². The first kappa shape index (κ1) is 20.0. The Bertz CT molecular complexity index is 983. The van der Waals surface area contributed by atoms with Crippen molar-refractivity contribution in [1.29, 1.82) is 0 Å². The van der Waals surface area contributed by atoms with E-state index in [1.54, 1.807) is 48.5 Å². The smallest absolute Gasteiger partial charge is 0.213 e. The number of aliphatic carboxylic acids is 1. The highest BCUT2D eigenvalue weighted by atomic mass is 35.5. The van der Waals surface area contributed by atoms with Gasteiger partial charge in [0, 0.05) is 15.5 Å². The highest BCUT2D eigenvalue weighted by molar-refractivity contribution is 8.04. The molecule has 0 aliphatic rings. The zero-order valence-corrected chi connectivity index (χ0v) is 16.8. The second-order valence-corrected chi connectivity index (χ2v) is 7.55. The highest BCUT2D eigenvalue weighted by Gasteiger charge is 2.10. The Morgan fingerprint density at radius 1 is 1.18 bits per heavy atom. The minimum absolute atomic E-state index is 0.000755. The van der Waals surface area contributed by atoms with Gasteiger partial charge in [0.2, 0.25) is 5.16 Å². The van der Waals surface area contributed by atoms with E-state index in [0.29, 0.717) is 16.4 Å². The molecule has 0 amide bonds. The standard InChI is InChI=1S/C20H18ClN3O3S/c1-12(2)27-16-9-3-13(4-10-16)11-17(19(25)26)28-20-22-18(23-24-20)14-5-7-15(21)8-6-14/h3-12H,1-2H3,(H,25,26)(H,22,23,24)/p-1/b17-11-. The molecule has 2 aromatic carbocycles. The van der Waals surface area contributed by atoms with Gasteiger partial charge in [-0.25, -0.2) is 4.98 Å². The van der Waals surface area contributed by atoms with E-state index in [1.807, 2.05) is 13.8 Å². The third-order valence-corrected chi connectivity index (χ3v) is 4.66. The summed E-state index contributed by atoms with van der Waals surface area (Å²) in [7, 11) is 0. The average Bonchev–Trinajstić information content (AvgIpc) is 3.11. The van der Waals surface area contributed by atoms with Crippen LogP contribution in [0.15, 0.2) is 58.6 Å².